The van der Waals surface area contributed by atoms with Crippen molar-refractivity contribution in [1.29, 1.82) is 0 Å². The van der Waals surface area contributed by atoms with E-state index >= 15 is 0 Å². The van der Waals surface area contributed by atoms with E-state index in [4.69, 9.17) is 0 Å². The Morgan fingerprint density at radius 1 is 1.59 bits per heavy atom. The largest absolute Gasteiger partial charge is 0.394 e. The molecule has 0 saturated carbocycles. The van der Waals surface area contributed by atoms with Crippen molar-refractivity contribution >= 4 is 21.8 Å². The van der Waals surface area contributed by atoms with Crippen LogP contribution in [0.5, 0.6) is 0 Å². The second kappa shape index (κ2) is 6.71. The van der Waals surface area contributed by atoms with Crippen molar-refractivity contribution in [3.8, 4) is 0 Å². The third-order valence-corrected chi connectivity index (χ3v) is 2.73. The summed E-state index contributed by atoms with van der Waals surface area (Å²) in [6.07, 6.45) is 2.32. The standard InChI is InChI=1S/C12H17BrN2O2/c1-8(2)5-10(7-16)15-12(17)9-3-4-14-11(13)6-9/h3-4,6,8,10,16H,5,7H2,1-2H3,(H,15,17). The molecule has 1 atom stereocenters. The number of aliphatic hydroxyl groups is 1. The van der Waals surface area contributed by atoms with Crippen LogP contribution in [0, 0.1) is 5.92 Å². The maximum absolute atomic E-state index is 11.9. The summed E-state index contributed by atoms with van der Waals surface area (Å²) in [5.74, 6) is 0.240. The number of nitrogens with one attached hydrogen (secondary N) is 1. The minimum absolute atomic E-state index is 0.0455. The highest BCUT2D eigenvalue weighted by Crippen LogP contribution is 2.09. The predicted molar refractivity (Wildman–Crippen MR) is 69.7 cm³/mol. The lowest BCUT2D eigenvalue weighted by atomic mass is 10.0. The molecule has 0 aliphatic carbocycles. The van der Waals surface area contributed by atoms with Gasteiger partial charge in [-0.05, 0) is 40.4 Å². The highest BCUT2D eigenvalue weighted by molar-refractivity contribution is 9.10. The van der Waals surface area contributed by atoms with E-state index in [1.807, 2.05) is 0 Å². The van der Waals surface area contributed by atoms with Gasteiger partial charge in [0, 0.05) is 11.8 Å². The zero-order valence-corrected chi connectivity index (χ0v) is 11.6. The zero-order valence-electron chi connectivity index (χ0n) is 9.98. The minimum atomic E-state index is -0.200. The van der Waals surface area contributed by atoms with E-state index in [2.05, 4.69) is 40.1 Å². The van der Waals surface area contributed by atoms with Crippen molar-refractivity contribution in [3.05, 3.63) is 28.5 Å². The number of carbonyl (C=O) groups excluding carboxylic acids is 1. The molecule has 0 bridgehead atoms. The van der Waals surface area contributed by atoms with Crippen LogP contribution in [-0.4, -0.2) is 28.6 Å². The first-order valence-electron chi connectivity index (χ1n) is 5.56. The molecule has 1 amide bonds. The lowest BCUT2D eigenvalue weighted by Gasteiger charge is -2.18. The molecule has 5 heteroatoms. The fourth-order valence-corrected chi connectivity index (χ4v) is 1.93. The third kappa shape index (κ3) is 4.83. The molecule has 1 unspecified atom stereocenters. The van der Waals surface area contributed by atoms with Gasteiger partial charge in [-0.2, -0.15) is 0 Å². The summed E-state index contributed by atoms with van der Waals surface area (Å²) < 4.78 is 0.620. The van der Waals surface area contributed by atoms with Gasteiger partial charge in [-0.15, -0.1) is 0 Å². The minimum Gasteiger partial charge on any atom is -0.394 e. The highest BCUT2D eigenvalue weighted by atomic mass is 79.9. The maximum atomic E-state index is 11.9. The summed E-state index contributed by atoms with van der Waals surface area (Å²) in [5, 5.41) is 12.0. The molecule has 0 saturated heterocycles. The normalized spacial score (nSPS) is 12.5. The quantitative estimate of drug-likeness (QED) is 0.818. The summed E-state index contributed by atoms with van der Waals surface area (Å²) in [5.41, 5.74) is 0.536. The Bertz CT molecular complexity index is 383. The predicted octanol–water partition coefficient (Wildman–Crippen LogP) is 1.98. The van der Waals surface area contributed by atoms with Crippen molar-refractivity contribution in [3.63, 3.8) is 0 Å². The summed E-state index contributed by atoms with van der Waals surface area (Å²) >= 11 is 3.21. The van der Waals surface area contributed by atoms with Gasteiger partial charge >= 0.3 is 0 Å². The zero-order chi connectivity index (χ0) is 12.8. The number of rotatable bonds is 5. The molecule has 17 heavy (non-hydrogen) atoms. The Morgan fingerprint density at radius 2 is 2.29 bits per heavy atom. The molecule has 0 aromatic carbocycles. The molecule has 1 rings (SSSR count). The molecule has 94 valence electrons. The van der Waals surface area contributed by atoms with Crippen LogP contribution in [0.3, 0.4) is 0 Å². The van der Waals surface area contributed by atoms with E-state index in [-0.39, 0.29) is 18.6 Å². The monoisotopic (exact) mass is 300 g/mol. The van der Waals surface area contributed by atoms with Crippen LogP contribution >= 0.6 is 15.9 Å². The molecule has 2 N–H and O–H groups in total. The van der Waals surface area contributed by atoms with Crippen molar-refractivity contribution < 1.29 is 9.90 Å². The fourth-order valence-electron chi connectivity index (χ4n) is 1.56. The Labute approximate surface area is 110 Å². The Morgan fingerprint density at radius 3 is 2.82 bits per heavy atom. The molecule has 1 heterocycles. The van der Waals surface area contributed by atoms with Gasteiger partial charge in [0.2, 0.25) is 0 Å². The SMILES string of the molecule is CC(C)CC(CO)NC(=O)c1ccnc(Br)c1. The topological polar surface area (TPSA) is 62.2 Å². The smallest absolute Gasteiger partial charge is 0.251 e. The van der Waals surface area contributed by atoms with Crippen LogP contribution in [0.2, 0.25) is 0 Å². The Balaban J connectivity index is 2.64. The van der Waals surface area contributed by atoms with E-state index in [0.29, 0.717) is 16.1 Å². The van der Waals surface area contributed by atoms with Gasteiger partial charge in [-0.3, -0.25) is 4.79 Å². The van der Waals surface area contributed by atoms with Crippen LogP contribution in [0.4, 0.5) is 0 Å². The molecule has 4 nitrogen and oxygen atoms in total. The number of aliphatic hydroxyl groups excluding tert-OH is 1. The van der Waals surface area contributed by atoms with Crippen LogP contribution in [0.25, 0.3) is 0 Å². The lowest BCUT2D eigenvalue weighted by Crippen LogP contribution is -2.38. The molecule has 1 aromatic rings. The summed E-state index contributed by atoms with van der Waals surface area (Å²) in [7, 11) is 0. The van der Waals surface area contributed by atoms with Crippen molar-refractivity contribution in [2.45, 2.75) is 26.3 Å². The van der Waals surface area contributed by atoms with E-state index in [0.717, 1.165) is 6.42 Å². The lowest BCUT2D eigenvalue weighted by molar-refractivity contribution is 0.0908. The highest BCUT2D eigenvalue weighted by Gasteiger charge is 2.14. The number of carbonyl (C=O) groups is 1. The van der Waals surface area contributed by atoms with Crippen molar-refractivity contribution in [2.24, 2.45) is 5.92 Å². The summed E-state index contributed by atoms with van der Waals surface area (Å²) in [4.78, 5) is 15.8. The number of amides is 1. The van der Waals surface area contributed by atoms with Crippen LogP contribution in [0.15, 0.2) is 22.9 Å². The first kappa shape index (κ1) is 14.1. The van der Waals surface area contributed by atoms with Gasteiger partial charge in [0.05, 0.1) is 12.6 Å². The maximum Gasteiger partial charge on any atom is 0.251 e. The van der Waals surface area contributed by atoms with Crippen LogP contribution in [0.1, 0.15) is 30.6 Å². The van der Waals surface area contributed by atoms with E-state index < -0.39 is 0 Å². The second-order valence-corrected chi connectivity index (χ2v) is 5.16. The molecule has 1 aromatic heterocycles. The van der Waals surface area contributed by atoms with E-state index in [1.165, 1.54) is 0 Å². The fraction of sp³-hybridized carbons (Fsp3) is 0.500. The Kier molecular flexibility index (Phi) is 5.58. The summed E-state index contributed by atoms with van der Waals surface area (Å²) in [6.45, 7) is 4.06. The number of halogens is 1. The molecule has 0 aliphatic heterocycles. The number of pyridine rings is 1. The average Bonchev–Trinajstić information content (AvgIpc) is 2.27. The van der Waals surface area contributed by atoms with Gasteiger partial charge in [0.25, 0.3) is 5.91 Å². The van der Waals surface area contributed by atoms with E-state index in [1.54, 1.807) is 18.3 Å². The Hall–Kier alpha value is -0.940. The van der Waals surface area contributed by atoms with Crippen molar-refractivity contribution in [1.82, 2.24) is 10.3 Å². The van der Waals surface area contributed by atoms with Gasteiger partial charge in [-0.1, -0.05) is 13.8 Å². The van der Waals surface area contributed by atoms with E-state index in [9.17, 15) is 9.90 Å². The number of aromatic nitrogens is 1. The second-order valence-electron chi connectivity index (χ2n) is 4.35. The third-order valence-electron chi connectivity index (χ3n) is 2.30. The van der Waals surface area contributed by atoms with Crippen LogP contribution in [-0.2, 0) is 0 Å². The average molecular weight is 301 g/mol. The van der Waals surface area contributed by atoms with Crippen molar-refractivity contribution in [2.75, 3.05) is 6.61 Å². The van der Waals surface area contributed by atoms with Gasteiger partial charge in [-0.25, -0.2) is 4.98 Å². The first-order valence-corrected chi connectivity index (χ1v) is 6.35. The molecule has 0 fully saturated rings. The molecule has 0 spiro atoms. The molecular formula is C12H17BrN2O2. The number of hydrogen-bond donors (Lipinski definition) is 2. The molecular weight excluding hydrogens is 284 g/mol. The molecule has 0 radical (unpaired) electrons. The van der Waals surface area contributed by atoms with Gasteiger partial charge in [0.1, 0.15) is 4.60 Å². The number of nitrogens with zero attached hydrogens (tertiary/aromatic N) is 1. The first-order chi connectivity index (χ1) is 8.02. The molecule has 0 aliphatic rings. The van der Waals surface area contributed by atoms with Gasteiger partial charge < -0.3 is 10.4 Å². The van der Waals surface area contributed by atoms with Gasteiger partial charge in [0.15, 0.2) is 0 Å². The number of hydrogen-bond acceptors (Lipinski definition) is 3. The van der Waals surface area contributed by atoms with Crippen LogP contribution < -0.4 is 5.32 Å². The summed E-state index contributed by atoms with van der Waals surface area (Å²) in [6, 6.07) is 3.10.